The van der Waals surface area contributed by atoms with Gasteiger partial charge in [-0.05, 0) is 35.7 Å². The van der Waals surface area contributed by atoms with Crippen molar-refractivity contribution in [1.82, 2.24) is 4.90 Å². The largest absolute Gasteiger partial charge is 0.395 e. The quantitative estimate of drug-likeness (QED) is 0.873. The summed E-state index contributed by atoms with van der Waals surface area (Å²) in [5.41, 5.74) is 2.15. The van der Waals surface area contributed by atoms with Crippen molar-refractivity contribution < 1.29 is 9.50 Å². The molecule has 96 valence electrons. The maximum atomic E-state index is 13.3. The van der Waals surface area contributed by atoms with Gasteiger partial charge in [-0.15, -0.1) is 0 Å². The second-order valence-corrected chi connectivity index (χ2v) is 5.51. The SMILES string of the molecule is CN(CCO)Cc1cc(F)ccc1C(C)(C)C. The van der Waals surface area contributed by atoms with Gasteiger partial charge in [-0.25, -0.2) is 4.39 Å². The van der Waals surface area contributed by atoms with Crippen LogP contribution < -0.4 is 0 Å². The van der Waals surface area contributed by atoms with E-state index < -0.39 is 0 Å². The van der Waals surface area contributed by atoms with Gasteiger partial charge in [-0.3, -0.25) is 4.90 Å². The van der Waals surface area contributed by atoms with Gasteiger partial charge in [-0.1, -0.05) is 26.8 Å². The van der Waals surface area contributed by atoms with Crippen molar-refractivity contribution in [1.29, 1.82) is 0 Å². The molecule has 17 heavy (non-hydrogen) atoms. The number of halogens is 1. The van der Waals surface area contributed by atoms with E-state index in [0.29, 0.717) is 13.1 Å². The monoisotopic (exact) mass is 239 g/mol. The van der Waals surface area contributed by atoms with E-state index in [1.807, 2.05) is 18.0 Å². The number of aliphatic hydroxyl groups is 1. The summed E-state index contributed by atoms with van der Waals surface area (Å²) in [5, 5.41) is 8.88. The number of nitrogens with zero attached hydrogens (tertiary/aromatic N) is 1. The van der Waals surface area contributed by atoms with Crippen molar-refractivity contribution in [3.8, 4) is 0 Å². The summed E-state index contributed by atoms with van der Waals surface area (Å²) in [4.78, 5) is 1.99. The van der Waals surface area contributed by atoms with Gasteiger partial charge in [0.25, 0.3) is 0 Å². The zero-order valence-electron chi connectivity index (χ0n) is 11.1. The number of hydrogen-bond donors (Lipinski definition) is 1. The maximum Gasteiger partial charge on any atom is 0.123 e. The first kappa shape index (κ1) is 14.1. The van der Waals surface area contributed by atoms with Gasteiger partial charge < -0.3 is 5.11 Å². The highest BCUT2D eigenvalue weighted by atomic mass is 19.1. The predicted molar refractivity (Wildman–Crippen MR) is 68.5 cm³/mol. The molecular weight excluding hydrogens is 217 g/mol. The lowest BCUT2D eigenvalue weighted by atomic mass is 9.83. The minimum Gasteiger partial charge on any atom is -0.395 e. The molecule has 1 aromatic carbocycles. The normalized spacial score (nSPS) is 12.2. The van der Waals surface area contributed by atoms with Crippen LogP contribution >= 0.6 is 0 Å². The van der Waals surface area contributed by atoms with Crippen molar-refractivity contribution in [2.45, 2.75) is 32.7 Å². The number of likely N-dealkylation sites (N-methyl/N-ethyl adjacent to an activating group) is 1. The highest BCUT2D eigenvalue weighted by molar-refractivity contribution is 5.33. The van der Waals surface area contributed by atoms with Crippen molar-refractivity contribution in [3.05, 3.63) is 35.1 Å². The summed E-state index contributed by atoms with van der Waals surface area (Å²) in [6, 6.07) is 4.96. The summed E-state index contributed by atoms with van der Waals surface area (Å²) < 4.78 is 13.3. The Morgan fingerprint density at radius 3 is 2.47 bits per heavy atom. The van der Waals surface area contributed by atoms with Crippen LogP contribution in [0.3, 0.4) is 0 Å². The fourth-order valence-electron chi connectivity index (χ4n) is 1.97. The lowest BCUT2D eigenvalue weighted by Crippen LogP contribution is -2.24. The minimum atomic E-state index is -0.203. The molecular formula is C14H22FNO. The molecule has 0 saturated heterocycles. The Bertz CT molecular complexity index is 371. The second-order valence-electron chi connectivity index (χ2n) is 5.51. The fourth-order valence-corrected chi connectivity index (χ4v) is 1.97. The third kappa shape index (κ3) is 4.10. The average Bonchev–Trinajstić information content (AvgIpc) is 2.15. The van der Waals surface area contributed by atoms with E-state index in [-0.39, 0.29) is 17.8 Å². The van der Waals surface area contributed by atoms with Crippen LogP contribution in [0.2, 0.25) is 0 Å². The van der Waals surface area contributed by atoms with E-state index >= 15 is 0 Å². The number of aliphatic hydroxyl groups excluding tert-OH is 1. The average molecular weight is 239 g/mol. The fraction of sp³-hybridized carbons (Fsp3) is 0.571. The zero-order chi connectivity index (χ0) is 13.1. The molecule has 0 aliphatic carbocycles. The van der Waals surface area contributed by atoms with Crippen molar-refractivity contribution in [2.75, 3.05) is 20.2 Å². The molecule has 0 aromatic heterocycles. The molecule has 0 spiro atoms. The van der Waals surface area contributed by atoms with Gasteiger partial charge in [0.15, 0.2) is 0 Å². The molecule has 2 nitrogen and oxygen atoms in total. The highest BCUT2D eigenvalue weighted by Gasteiger charge is 2.18. The Kier molecular flexibility index (Phi) is 4.66. The first-order chi connectivity index (χ1) is 7.84. The smallest absolute Gasteiger partial charge is 0.123 e. The summed E-state index contributed by atoms with van der Waals surface area (Å²) in [6.45, 7) is 7.74. The topological polar surface area (TPSA) is 23.5 Å². The molecule has 0 aliphatic rings. The van der Waals surface area contributed by atoms with Crippen molar-refractivity contribution in [2.24, 2.45) is 0 Å². The molecule has 0 fully saturated rings. The standard InChI is InChI=1S/C14H22FNO/c1-14(2,3)13-6-5-12(15)9-11(13)10-16(4)7-8-17/h5-6,9,17H,7-8,10H2,1-4H3. The lowest BCUT2D eigenvalue weighted by molar-refractivity contribution is 0.216. The van der Waals surface area contributed by atoms with E-state index in [1.165, 1.54) is 6.07 Å². The molecule has 0 amide bonds. The number of hydrogen-bond acceptors (Lipinski definition) is 2. The molecule has 1 N–H and O–H groups in total. The molecule has 0 bridgehead atoms. The van der Waals surface area contributed by atoms with E-state index in [1.54, 1.807) is 6.07 Å². The Balaban J connectivity index is 2.99. The van der Waals surface area contributed by atoms with E-state index in [0.717, 1.165) is 11.1 Å². The van der Waals surface area contributed by atoms with E-state index in [9.17, 15) is 4.39 Å². The van der Waals surface area contributed by atoms with Gasteiger partial charge in [0, 0.05) is 13.1 Å². The zero-order valence-corrected chi connectivity index (χ0v) is 11.1. The number of rotatable bonds is 4. The van der Waals surface area contributed by atoms with Crippen LogP contribution in [-0.4, -0.2) is 30.2 Å². The molecule has 1 rings (SSSR count). The molecule has 0 radical (unpaired) electrons. The molecule has 0 atom stereocenters. The van der Waals surface area contributed by atoms with Crippen LogP contribution in [0.4, 0.5) is 4.39 Å². The van der Waals surface area contributed by atoms with Crippen LogP contribution in [-0.2, 0) is 12.0 Å². The van der Waals surface area contributed by atoms with E-state index in [4.69, 9.17) is 5.11 Å². The van der Waals surface area contributed by atoms with Crippen LogP contribution in [0.15, 0.2) is 18.2 Å². The van der Waals surface area contributed by atoms with Gasteiger partial charge >= 0.3 is 0 Å². The van der Waals surface area contributed by atoms with Crippen molar-refractivity contribution >= 4 is 0 Å². The summed E-state index contributed by atoms with van der Waals surface area (Å²) in [5.74, 6) is -0.203. The molecule has 1 aromatic rings. The van der Waals surface area contributed by atoms with E-state index in [2.05, 4.69) is 20.8 Å². The van der Waals surface area contributed by atoms with Crippen LogP contribution in [0.5, 0.6) is 0 Å². The van der Waals surface area contributed by atoms with Gasteiger partial charge in [0.05, 0.1) is 6.61 Å². The Morgan fingerprint density at radius 1 is 1.29 bits per heavy atom. The molecule has 0 saturated carbocycles. The highest BCUT2D eigenvalue weighted by Crippen LogP contribution is 2.27. The molecule has 0 heterocycles. The first-order valence-electron chi connectivity index (χ1n) is 5.93. The van der Waals surface area contributed by atoms with Gasteiger partial charge in [0.1, 0.15) is 5.82 Å². The molecule has 0 aliphatic heterocycles. The predicted octanol–water partition coefficient (Wildman–Crippen LogP) is 2.55. The van der Waals surface area contributed by atoms with Crippen molar-refractivity contribution in [3.63, 3.8) is 0 Å². The lowest BCUT2D eigenvalue weighted by Gasteiger charge is -2.25. The summed E-state index contributed by atoms with van der Waals surface area (Å²) in [7, 11) is 1.92. The van der Waals surface area contributed by atoms with Crippen LogP contribution in [0.1, 0.15) is 31.9 Å². The molecule has 0 unspecified atom stereocenters. The second kappa shape index (κ2) is 5.61. The first-order valence-corrected chi connectivity index (χ1v) is 5.93. The Morgan fingerprint density at radius 2 is 1.94 bits per heavy atom. The molecule has 3 heteroatoms. The minimum absolute atomic E-state index is 0.00306. The Hall–Kier alpha value is -0.930. The van der Waals surface area contributed by atoms with Gasteiger partial charge in [-0.2, -0.15) is 0 Å². The van der Waals surface area contributed by atoms with Crippen LogP contribution in [0.25, 0.3) is 0 Å². The Labute approximate surface area is 103 Å². The summed E-state index contributed by atoms with van der Waals surface area (Å²) in [6.07, 6.45) is 0. The van der Waals surface area contributed by atoms with Crippen LogP contribution in [0, 0.1) is 5.82 Å². The third-order valence-corrected chi connectivity index (χ3v) is 2.80. The number of benzene rings is 1. The van der Waals surface area contributed by atoms with Gasteiger partial charge in [0.2, 0.25) is 0 Å². The summed E-state index contributed by atoms with van der Waals surface area (Å²) >= 11 is 0. The maximum absolute atomic E-state index is 13.3. The third-order valence-electron chi connectivity index (χ3n) is 2.80.